The van der Waals surface area contributed by atoms with Crippen LogP contribution in [-0.4, -0.2) is 34.1 Å². The summed E-state index contributed by atoms with van der Waals surface area (Å²) in [5.74, 6) is -0.829. The number of carbonyl (C=O) groups is 1. The molecule has 0 aliphatic carbocycles. The number of carboxylic acids is 1. The summed E-state index contributed by atoms with van der Waals surface area (Å²) >= 11 is 0. The van der Waals surface area contributed by atoms with E-state index in [9.17, 15) is 4.79 Å². The fourth-order valence-electron chi connectivity index (χ4n) is 2.04. The van der Waals surface area contributed by atoms with E-state index in [0.717, 1.165) is 24.1 Å². The average molecular weight is 288 g/mol. The lowest BCUT2D eigenvalue weighted by atomic mass is 10.0. The Labute approximate surface area is 124 Å². The number of benzene rings is 1. The van der Waals surface area contributed by atoms with Crippen LogP contribution >= 0.6 is 0 Å². The molecule has 0 saturated carbocycles. The van der Waals surface area contributed by atoms with E-state index in [4.69, 9.17) is 9.84 Å². The minimum Gasteiger partial charge on any atom is -0.481 e. The molecule has 0 bridgehead atoms. The van der Waals surface area contributed by atoms with E-state index >= 15 is 0 Å². The number of aromatic nitrogens is 2. The molecule has 5 heteroatoms. The quantitative estimate of drug-likeness (QED) is 0.758. The fourth-order valence-corrected chi connectivity index (χ4v) is 2.04. The first-order valence-electron chi connectivity index (χ1n) is 7.10. The summed E-state index contributed by atoms with van der Waals surface area (Å²) in [5.41, 5.74) is 3.41. The van der Waals surface area contributed by atoms with Gasteiger partial charge in [0.25, 0.3) is 0 Å². The number of hydrogen-bond donors (Lipinski definition) is 1. The Morgan fingerprint density at radius 1 is 1.33 bits per heavy atom. The molecule has 21 heavy (non-hydrogen) atoms. The van der Waals surface area contributed by atoms with Crippen LogP contribution in [0, 0.1) is 0 Å². The maximum absolute atomic E-state index is 10.4. The Bertz CT molecular complexity index is 593. The second-order valence-electron chi connectivity index (χ2n) is 4.79. The van der Waals surface area contributed by atoms with Gasteiger partial charge in [-0.3, -0.25) is 9.48 Å². The largest absolute Gasteiger partial charge is 0.481 e. The van der Waals surface area contributed by atoms with Crippen molar-refractivity contribution in [3.05, 3.63) is 42.2 Å². The smallest absolute Gasteiger partial charge is 0.305 e. The Balaban J connectivity index is 1.90. The molecule has 0 aliphatic heterocycles. The van der Waals surface area contributed by atoms with Crippen molar-refractivity contribution in [2.45, 2.75) is 26.3 Å². The lowest BCUT2D eigenvalue weighted by Crippen LogP contribution is -2.05. The maximum atomic E-state index is 10.4. The van der Waals surface area contributed by atoms with E-state index in [0.29, 0.717) is 6.61 Å². The van der Waals surface area contributed by atoms with Gasteiger partial charge in [-0.1, -0.05) is 24.3 Å². The molecule has 0 fully saturated rings. The topological polar surface area (TPSA) is 64.3 Å². The predicted octanol–water partition coefficient (Wildman–Crippen LogP) is 2.60. The Kier molecular flexibility index (Phi) is 5.51. The Hall–Kier alpha value is -2.14. The molecule has 2 rings (SSSR count). The van der Waals surface area contributed by atoms with E-state index < -0.39 is 5.97 Å². The van der Waals surface area contributed by atoms with Crippen LogP contribution in [0.1, 0.15) is 18.9 Å². The molecule has 1 aromatic carbocycles. The monoisotopic (exact) mass is 288 g/mol. The van der Waals surface area contributed by atoms with Crippen LogP contribution in [0.4, 0.5) is 0 Å². The third-order valence-corrected chi connectivity index (χ3v) is 3.21. The van der Waals surface area contributed by atoms with E-state index in [1.807, 2.05) is 29.2 Å². The van der Waals surface area contributed by atoms with Gasteiger partial charge in [-0.05, 0) is 24.5 Å². The van der Waals surface area contributed by atoms with Gasteiger partial charge < -0.3 is 9.84 Å². The summed E-state index contributed by atoms with van der Waals surface area (Å²) in [4.78, 5) is 10.4. The number of rotatable bonds is 8. The van der Waals surface area contributed by atoms with Crippen molar-refractivity contribution in [1.82, 2.24) is 9.78 Å². The molecule has 0 unspecified atom stereocenters. The SMILES string of the molecule is CCn1cc(-c2cccc(CCOCCC(=O)O)c2)cn1. The zero-order valence-electron chi connectivity index (χ0n) is 12.2. The van der Waals surface area contributed by atoms with Crippen molar-refractivity contribution in [2.24, 2.45) is 0 Å². The number of carboxylic acid groups (broad SMARTS) is 1. The summed E-state index contributed by atoms with van der Waals surface area (Å²) in [7, 11) is 0. The highest BCUT2D eigenvalue weighted by molar-refractivity contribution is 5.66. The highest BCUT2D eigenvalue weighted by Crippen LogP contribution is 2.20. The number of nitrogens with zero attached hydrogens (tertiary/aromatic N) is 2. The molecule has 2 aromatic rings. The summed E-state index contributed by atoms with van der Waals surface area (Å²) < 4.78 is 7.22. The molecule has 0 spiro atoms. The van der Waals surface area contributed by atoms with E-state index in [-0.39, 0.29) is 13.0 Å². The van der Waals surface area contributed by atoms with Gasteiger partial charge in [0.05, 0.1) is 25.8 Å². The van der Waals surface area contributed by atoms with E-state index in [1.54, 1.807) is 0 Å². The molecule has 0 aliphatic rings. The van der Waals surface area contributed by atoms with Crippen molar-refractivity contribution < 1.29 is 14.6 Å². The summed E-state index contributed by atoms with van der Waals surface area (Å²) in [5, 5.41) is 12.8. The molecule has 0 saturated heterocycles. The lowest BCUT2D eigenvalue weighted by molar-refractivity contribution is -0.138. The summed E-state index contributed by atoms with van der Waals surface area (Å²) in [6.45, 7) is 3.71. The molecule has 0 radical (unpaired) electrons. The van der Waals surface area contributed by atoms with Crippen LogP contribution in [0.5, 0.6) is 0 Å². The minimum absolute atomic E-state index is 0.0518. The van der Waals surface area contributed by atoms with Crippen molar-refractivity contribution in [3.63, 3.8) is 0 Å². The van der Waals surface area contributed by atoms with Crippen molar-refractivity contribution in [2.75, 3.05) is 13.2 Å². The van der Waals surface area contributed by atoms with Crippen LogP contribution in [0.15, 0.2) is 36.7 Å². The van der Waals surface area contributed by atoms with Crippen LogP contribution in [-0.2, 0) is 22.5 Å². The lowest BCUT2D eigenvalue weighted by Gasteiger charge is -2.05. The zero-order chi connectivity index (χ0) is 15.1. The Morgan fingerprint density at radius 2 is 2.19 bits per heavy atom. The van der Waals surface area contributed by atoms with E-state index in [1.165, 1.54) is 5.56 Å². The average Bonchev–Trinajstić information content (AvgIpc) is 2.96. The van der Waals surface area contributed by atoms with Gasteiger partial charge in [0.15, 0.2) is 0 Å². The van der Waals surface area contributed by atoms with Crippen molar-refractivity contribution >= 4 is 5.97 Å². The van der Waals surface area contributed by atoms with Crippen molar-refractivity contribution in [3.8, 4) is 11.1 Å². The van der Waals surface area contributed by atoms with Gasteiger partial charge in [0, 0.05) is 18.3 Å². The summed E-state index contributed by atoms with van der Waals surface area (Å²) in [6.07, 6.45) is 4.72. The first-order valence-corrected chi connectivity index (χ1v) is 7.10. The number of aryl methyl sites for hydroxylation is 1. The molecule has 1 N–H and O–H groups in total. The molecule has 1 heterocycles. The second-order valence-corrected chi connectivity index (χ2v) is 4.79. The van der Waals surface area contributed by atoms with Crippen molar-refractivity contribution in [1.29, 1.82) is 0 Å². The highest BCUT2D eigenvalue weighted by Gasteiger charge is 2.03. The number of aliphatic carboxylic acids is 1. The number of ether oxygens (including phenoxy) is 1. The third-order valence-electron chi connectivity index (χ3n) is 3.21. The van der Waals surface area contributed by atoms with Crippen LogP contribution in [0.25, 0.3) is 11.1 Å². The van der Waals surface area contributed by atoms with Crippen LogP contribution in [0.3, 0.4) is 0 Å². The van der Waals surface area contributed by atoms with Crippen LogP contribution in [0.2, 0.25) is 0 Å². The van der Waals surface area contributed by atoms with Gasteiger partial charge in [0.1, 0.15) is 0 Å². The molecule has 5 nitrogen and oxygen atoms in total. The normalized spacial score (nSPS) is 10.7. The molecular formula is C16H20N2O3. The zero-order valence-corrected chi connectivity index (χ0v) is 12.2. The van der Waals surface area contributed by atoms with E-state index in [2.05, 4.69) is 24.2 Å². The molecule has 1 aromatic heterocycles. The second kappa shape index (κ2) is 7.59. The Morgan fingerprint density at radius 3 is 2.90 bits per heavy atom. The van der Waals surface area contributed by atoms with Gasteiger partial charge in [-0.2, -0.15) is 5.10 Å². The minimum atomic E-state index is -0.829. The molecule has 0 atom stereocenters. The summed E-state index contributed by atoms with van der Waals surface area (Å²) in [6, 6.07) is 8.25. The first-order chi connectivity index (χ1) is 10.2. The molecule has 0 amide bonds. The maximum Gasteiger partial charge on any atom is 0.305 e. The van der Waals surface area contributed by atoms with Gasteiger partial charge >= 0.3 is 5.97 Å². The van der Waals surface area contributed by atoms with Gasteiger partial charge in [-0.25, -0.2) is 0 Å². The van der Waals surface area contributed by atoms with Gasteiger partial charge in [0.2, 0.25) is 0 Å². The standard InChI is InChI=1S/C16H20N2O3/c1-2-18-12-15(11-17-18)14-5-3-4-13(10-14)6-8-21-9-7-16(19)20/h3-5,10-12H,2,6-9H2,1H3,(H,19,20). The first kappa shape index (κ1) is 15.3. The predicted molar refractivity (Wildman–Crippen MR) is 80.1 cm³/mol. The van der Waals surface area contributed by atoms with Gasteiger partial charge in [-0.15, -0.1) is 0 Å². The fraction of sp³-hybridized carbons (Fsp3) is 0.375. The third kappa shape index (κ3) is 4.72. The molecule has 112 valence electrons. The van der Waals surface area contributed by atoms with Crippen LogP contribution < -0.4 is 0 Å². The number of hydrogen-bond acceptors (Lipinski definition) is 3. The highest BCUT2D eigenvalue weighted by atomic mass is 16.5. The molecular weight excluding hydrogens is 268 g/mol.